The smallest absolute Gasteiger partial charge is 0.211 e. The average Bonchev–Trinajstić information content (AvgIpc) is 3.21. The predicted octanol–water partition coefficient (Wildman–Crippen LogP) is 1.77. The van der Waals surface area contributed by atoms with Gasteiger partial charge in [0.25, 0.3) is 0 Å². The van der Waals surface area contributed by atoms with Crippen LogP contribution in [0.5, 0.6) is 0 Å². The van der Waals surface area contributed by atoms with Gasteiger partial charge in [0.1, 0.15) is 11.6 Å². The first kappa shape index (κ1) is 16.8. The highest BCUT2D eigenvalue weighted by Gasteiger charge is 2.31. The Morgan fingerprint density at radius 1 is 1.32 bits per heavy atom. The van der Waals surface area contributed by atoms with Gasteiger partial charge in [0.05, 0.1) is 12.7 Å². The van der Waals surface area contributed by atoms with E-state index in [1.54, 1.807) is 0 Å². The monoisotopic (exact) mass is 327 g/mol. The van der Waals surface area contributed by atoms with Crippen molar-refractivity contribution in [1.82, 2.24) is 4.31 Å². The number of rotatable bonds is 7. The second-order valence-electron chi connectivity index (χ2n) is 5.66. The zero-order valence-electron chi connectivity index (χ0n) is 12.5. The number of benzene rings is 1. The van der Waals surface area contributed by atoms with Gasteiger partial charge in [-0.1, -0.05) is 0 Å². The van der Waals surface area contributed by atoms with Crippen molar-refractivity contribution in [3.63, 3.8) is 0 Å². The lowest BCUT2D eigenvalue weighted by atomic mass is 9.98. The number of carbonyl (C=O) groups is 2. The van der Waals surface area contributed by atoms with Gasteiger partial charge >= 0.3 is 0 Å². The Hall–Kier alpha value is -1.60. The molecule has 0 spiro atoms. The summed E-state index contributed by atoms with van der Waals surface area (Å²) in [7, 11) is -2.10. The summed E-state index contributed by atoms with van der Waals surface area (Å²) < 4.78 is 37.4. The Kier molecular flexibility index (Phi) is 4.77. The molecule has 0 aromatic heterocycles. The van der Waals surface area contributed by atoms with Crippen molar-refractivity contribution in [1.29, 1.82) is 0 Å². The van der Waals surface area contributed by atoms with E-state index in [1.165, 1.54) is 13.1 Å². The van der Waals surface area contributed by atoms with E-state index >= 15 is 0 Å². The molecule has 7 heteroatoms. The van der Waals surface area contributed by atoms with Crippen molar-refractivity contribution in [2.24, 2.45) is 5.92 Å². The Bertz CT molecular complexity index is 710. The molecule has 22 heavy (non-hydrogen) atoms. The number of halogens is 1. The van der Waals surface area contributed by atoms with Gasteiger partial charge in [-0.05, 0) is 36.6 Å². The van der Waals surface area contributed by atoms with Gasteiger partial charge in [0.15, 0.2) is 5.78 Å². The first-order valence-corrected chi connectivity index (χ1v) is 8.79. The third-order valence-electron chi connectivity index (χ3n) is 3.69. The molecule has 1 aliphatic carbocycles. The first-order chi connectivity index (χ1) is 10.2. The lowest BCUT2D eigenvalue weighted by molar-refractivity contribution is -0.119. The number of sulfonamides is 1. The second-order valence-corrected chi connectivity index (χ2v) is 7.75. The van der Waals surface area contributed by atoms with Gasteiger partial charge in [-0.25, -0.2) is 17.1 Å². The normalized spacial score (nSPS) is 15.1. The fraction of sp³-hybridized carbons (Fsp3) is 0.467. The van der Waals surface area contributed by atoms with Crippen LogP contribution >= 0.6 is 0 Å². The van der Waals surface area contributed by atoms with Crippen LogP contribution < -0.4 is 0 Å². The highest BCUT2D eigenvalue weighted by molar-refractivity contribution is 7.88. The van der Waals surface area contributed by atoms with Crippen molar-refractivity contribution in [2.75, 3.05) is 13.3 Å². The van der Waals surface area contributed by atoms with Gasteiger partial charge in [-0.15, -0.1) is 0 Å². The molecule has 0 amide bonds. The summed E-state index contributed by atoms with van der Waals surface area (Å²) in [5.74, 6) is -1.07. The van der Waals surface area contributed by atoms with E-state index in [0.29, 0.717) is 0 Å². The summed E-state index contributed by atoms with van der Waals surface area (Å²) in [5, 5.41) is 0. The summed E-state index contributed by atoms with van der Waals surface area (Å²) in [6.45, 7) is -0.116. The third-order valence-corrected chi connectivity index (χ3v) is 4.96. The van der Waals surface area contributed by atoms with Crippen molar-refractivity contribution in [3.8, 4) is 0 Å². The molecular weight excluding hydrogens is 309 g/mol. The van der Waals surface area contributed by atoms with E-state index in [-0.39, 0.29) is 35.8 Å². The third kappa shape index (κ3) is 4.20. The zero-order chi connectivity index (χ0) is 16.5. The maximum Gasteiger partial charge on any atom is 0.211 e. The zero-order valence-corrected chi connectivity index (χ0v) is 13.3. The second kappa shape index (κ2) is 6.26. The molecule has 0 saturated heterocycles. The minimum Gasteiger partial charge on any atom is -0.299 e. The minimum atomic E-state index is -3.45. The van der Waals surface area contributed by atoms with Crippen LogP contribution in [0.1, 0.15) is 35.2 Å². The van der Waals surface area contributed by atoms with Crippen LogP contribution in [0.2, 0.25) is 0 Å². The molecular formula is C15H18FNO4S. The molecule has 1 aromatic rings. The summed E-state index contributed by atoms with van der Waals surface area (Å²) in [4.78, 5) is 24.0. The Morgan fingerprint density at radius 2 is 1.95 bits per heavy atom. The predicted molar refractivity (Wildman–Crippen MR) is 79.4 cm³/mol. The standard InChI is InChI=1S/C15H18FNO4S/c1-17(22(2,20)21)9-11-7-12(16)5-6-13(11)15(19)8-14(18)10-3-4-10/h5-7,10H,3-4,8-9H2,1-2H3. The molecule has 0 atom stereocenters. The molecule has 1 saturated carbocycles. The van der Waals surface area contributed by atoms with Crippen LogP contribution in [-0.4, -0.2) is 37.6 Å². The average molecular weight is 327 g/mol. The highest BCUT2D eigenvalue weighted by Crippen LogP contribution is 2.31. The van der Waals surface area contributed by atoms with E-state index < -0.39 is 21.6 Å². The number of Topliss-reactive ketones (excluding diaryl/α,β-unsaturated/α-hetero) is 2. The fourth-order valence-electron chi connectivity index (χ4n) is 2.13. The van der Waals surface area contributed by atoms with Crippen LogP contribution in [0.15, 0.2) is 18.2 Å². The number of carbonyl (C=O) groups excluding carboxylic acids is 2. The van der Waals surface area contributed by atoms with Crippen LogP contribution in [0.25, 0.3) is 0 Å². The van der Waals surface area contributed by atoms with Gasteiger partial charge < -0.3 is 0 Å². The van der Waals surface area contributed by atoms with Crippen molar-refractivity contribution < 1.29 is 22.4 Å². The molecule has 1 aromatic carbocycles. The van der Waals surface area contributed by atoms with Gasteiger partial charge in [0.2, 0.25) is 10.0 Å². The lowest BCUT2D eigenvalue weighted by Gasteiger charge is -2.16. The summed E-state index contributed by atoms with van der Waals surface area (Å²) >= 11 is 0. The molecule has 5 nitrogen and oxygen atoms in total. The molecule has 0 heterocycles. The van der Waals surface area contributed by atoms with E-state index in [2.05, 4.69) is 0 Å². The maximum absolute atomic E-state index is 13.4. The Morgan fingerprint density at radius 3 is 2.50 bits per heavy atom. The largest absolute Gasteiger partial charge is 0.299 e. The molecule has 1 fully saturated rings. The Balaban J connectivity index is 2.23. The summed E-state index contributed by atoms with van der Waals surface area (Å²) in [6, 6.07) is 3.58. The minimum absolute atomic E-state index is 0.0217. The number of hydrogen-bond acceptors (Lipinski definition) is 4. The molecule has 2 rings (SSSR count). The van der Waals surface area contributed by atoms with Crippen molar-refractivity contribution >= 4 is 21.6 Å². The first-order valence-electron chi connectivity index (χ1n) is 6.94. The highest BCUT2D eigenvalue weighted by atomic mass is 32.2. The maximum atomic E-state index is 13.4. The summed E-state index contributed by atoms with van der Waals surface area (Å²) in [5.41, 5.74) is 0.465. The van der Waals surface area contributed by atoms with E-state index in [4.69, 9.17) is 0 Å². The molecule has 0 N–H and O–H groups in total. The molecule has 1 aliphatic rings. The number of nitrogens with zero attached hydrogens (tertiary/aromatic N) is 1. The van der Waals surface area contributed by atoms with Crippen molar-refractivity contribution in [3.05, 3.63) is 35.1 Å². The van der Waals surface area contributed by atoms with Crippen LogP contribution in [0, 0.1) is 11.7 Å². The van der Waals surface area contributed by atoms with Gasteiger partial charge in [0, 0.05) is 25.1 Å². The van der Waals surface area contributed by atoms with Crippen molar-refractivity contribution in [2.45, 2.75) is 25.8 Å². The topological polar surface area (TPSA) is 71.5 Å². The molecule has 120 valence electrons. The fourth-order valence-corrected chi connectivity index (χ4v) is 2.50. The number of ketones is 2. The Labute approximate surface area is 129 Å². The molecule has 0 radical (unpaired) electrons. The quantitative estimate of drug-likeness (QED) is 0.565. The molecule has 0 aliphatic heterocycles. The van der Waals surface area contributed by atoms with Gasteiger partial charge in [-0.2, -0.15) is 0 Å². The summed E-state index contributed by atoms with van der Waals surface area (Å²) in [6.07, 6.45) is 2.45. The molecule has 0 unspecified atom stereocenters. The SMILES string of the molecule is CN(Cc1cc(F)ccc1C(=O)CC(=O)C1CC1)S(C)(=O)=O. The van der Waals surface area contributed by atoms with E-state index in [0.717, 1.165) is 35.5 Å². The van der Waals surface area contributed by atoms with Crippen LogP contribution in [-0.2, 0) is 21.4 Å². The number of hydrogen-bond donors (Lipinski definition) is 0. The lowest BCUT2D eigenvalue weighted by Crippen LogP contribution is -2.26. The van der Waals surface area contributed by atoms with E-state index in [9.17, 15) is 22.4 Å². The van der Waals surface area contributed by atoms with Crippen LogP contribution in [0.4, 0.5) is 4.39 Å². The molecule has 0 bridgehead atoms. The van der Waals surface area contributed by atoms with Gasteiger partial charge in [-0.3, -0.25) is 9.59 Å². The van der Waals surface area contributed by atoms with E-state index in [1.807, 2.05) is 0 Å². The van der Waals surface area contributed by atoms with Crippen LogP contribution in [0.3, 0.4) is 0 Å².